The molecule has 16 heteroatoms. The summed E-state index contributed by atoms with van der Waals surface area (Å²) in [5, 5.41) is 20.1. The Hall–Kier alpha value is -4.68. The normalized spacial score (nSPS) is 13.3. The van der Waals surface area contributed by atoms with Crippen molar-refractivity contribution in [2.45, 2.75) is 58.3 Å². The Balaban J connectivity index is 1.83. The molecule has 236 valence electrons. The molecule has 1 fully saturated rings. The van der Waals surface area contributed by atoms with Crippen LogP contribution in [0.2, 0.25) is 5.02 Å². The van der Waals surface area contributed by atoms with Crippen LogP contribution in [0.1, 0.15) is 44.9 Å². The number of halogens is 4. The second kappa shape index (κ2) is 12.0. The van der Waals surface area contributed by atoms with Gasteiger partial charge in [-0.05, 0) is 39.7 Å². The van der Waals surface area contributed by atoms with Gasteiger partial charge in [0, 0.05) is 30.6 Å². The number of nitrogens with one attached hydrogen (secondary N) is 1. The first-order valence-corrected chi connectivity index (χ1v) is 14.1. The first kappa shape index (κ1) is 31.7. The molecule has 45 heavy (non-hydrogen) atoms. The molecule has 1 saturated carbocycles. The number of hydrogen-bond donors (Lipinski definition) is 2. The molecule has 1 aliphatic carbocycles. The second-order valence-electron chi connectivity index (χ2n) is 11.3. The summed E-state index contributed by atoms with van der Waals surface area (Å²) in [4.78, 5) is 31.4. The average molecular weight is 645 g/mol. The number of anilines is 1. The fraction of sp³-hybridized carbons (Fsp3) is 0.379. The quantitative estimate of drug-likeness (QED) is 0.267. The molecule has 0 spiro atoms. The summed E-state index contributed by atoms with van der Waals surface area (Å²) in [5.74, 6) is -1.33. The van der Waals surface area contributed by atoms with Crippen LogP contribution in [-0.4, -0.2) is 55.7 Å². The van der Waals surface area contributed by atoms with Crippen molar-refractivity contribution < 1.29 is 27.4 Å². The lowest BCUT2D eigenvalue weighted by Crippen LogP contribution is -2.40. The highest BCUT2D eigenvalue weighted by atomic mass is 35.5. The molecule has 0 bridgehead atoms. The third-order valence-corrected chi connectivity index (χ3v) is 7.05. The fourth-order valence-electron chi connectivity index (χ4n) is 4.73. The van der Waals surface area contributed by atoms with E-state index < -0.39 is 41.9 Å². The number of pyridine rings is 1. The molecule has 3 N–H and O–H groups in total. The van der Waals surface area contributed by atoms with Crippen LogP contribution in [0.25, 0.3) is 33.3 Å². The zero-order valence-electron chi connectivity index (χ0n) is 24.6. The summed E-state index contributed by atoms with van der Waals surface area (Å²) >= 11 is 6.26. The van der Waals surface area contributed by atoms with Crippen molar-refractivity contribution in [3.8, 4) is 34.3 Å². The van der Waals surface area contributed by atoms with E-state index in [4.69, 9.17) is 26.8 Å². The number of nitrogens with two attached hydrogens (primary N) is 1. The lowest BCUT2D eigenvalue weighted by Gasteiger charge is -2.27. The van der Waals surface area contributed by atoms with E-state index in [1.54, 1.807) is 20.8 Å². The second-order valence-corrected chi connectivity index (χ2v) is 11.7. The number of ether oxygens (including phenoxy) is 2. The van der Waals surface area contributed by atoms with Crippen molar-refractivity contribution in [2.75, 3.05) is 11.4 Å². The van der Waals surface area contributed by atoms with Gasteiger partial charge in [-0.15, -0.1) is 0 Å². The monoisotopic (exact) mass is 644 g/mol. The van der Waals surface area contributed by atoms with Gasteiger partial charge in [-0.25, -0.2) is 28.0 Å². The SMILES string of the molecule is Cn1ncc(-c2cc3c(CN)n[nH]c(=O)c3c(N(CC(F)F)C(=O)OC(C)(C)C)n2)c1-c1c(F)c(Cl)cc(OC2CC2)c1C#N. The minimum atomic E-state index is -3.05. The molecule has 0 aliphatic heterocycles. The van der Waals surface area contributed by atoms with Gasteiger partial charge in [0.05, 0.1) is 51.9 Å². The summed E-state index contributed by atoms with van der Waals surface area (Å²) in [6, 6.07) is 4.62. The van der Waals surface area contributed by atoms with E-state index in [9.17, 15) is 23.6 Å². The molecular formula is C29H28ClF3N8O4. The summed E-state index contributed by atoms with van der Waals surface area (Å²) in [6.07, 6.45) is -1.55. The Morgan fingerprint density at radius 2 is 2.04 bits per heavy atom. The maximum absolute atomic E-state index is 15.8. The number of carbonyl (C=O) groups is 1. The number of rotatable bonds is 8. The van der Waals surface area contributed by atoms with Crippen LogP contribution in [-0.2, 0) is 18.3 Å². The topological polar surface area (TPSA) is 165 Å². The van der Waals surface area contributed by atoms with Gasteiger partial charge in [0.2, 0.25) is 0 Å². The molecule has 1 amide bonds. The van der Waals surface area contributed by atoms with Gasteiger partial charge < -0.3 is 15.2 Å². The number of nitriles is 1. The third-order valence-electron chi connectivity index (χ3n) is 6.78. The van der Waals surface area contributed by atoms with Gasteiger partial charge in [-0.3, -0.25) is 14.4 Å². The van der Waals surface area contributed by atoms with Crippen molar-refractivity contribution >= 4 is 34.3 Å². The molecular weight excluding hydrogens is 617 g/mol. The number of aryl methyl sites for hydroxylation is 1. The average Bonchev–Trinajstić information content (AvgIpc) is 3.70. The lowest BCUT2D eigenvalue weighted by molar-refractivity contribution is 0.0542. The zero-order valence-corrected chi connectivity index (χ0v) is 25.4. The molecule has 0 atom stereocenters. The highest BCUT2D eigenvalue weighted by molar-refractivity contribution is 6.31. The Morgan fingerprint density at radius 3 is 2.64 bits per heavy atom. The molecule has 3 heterocycles. The maximum Gasteiger partial charge on any atom is 0.416 e. The zero-order chi connectivity index (χ0) is 32.8. The number of hydrogen-bond acceptors (Lipinski definition) is 9. The number of aromatic nitrogens is 5. The van der Waals surface area contributed by atoms with Gasteiger partial charge in [0.15, 0.2) is 11.6 Å². The van der Waals surface area contributed by atoms with Crippen LogP contribution < -0.4 is 20.9 Å². The van der Waals surface area contributed by atoms with Crippen LogP contribution in [0, 0.1) is 17.1 Å². The van der Waals surface area contributed by atoms with Crippen LogP contribution >= 0.6 is 11.6 Å². The first-order chi connectivity index (χ1) is 21.2. The van der Waals surface area contributed by atoms with Crippen molar-refractivity contribution in [1.29, 1.82) is 5.26 Å². The van der Waals surface area contributed by atoms with Gasteiger partial charge in [-0.2, -0.15) is 15.5 Å². The van der Waals surface area contributed by atoms with Gasteiger partial charge in [0.25, 0.3) is 12.0 Å². The predicted molar refractivity (Wildman–Crippen MR) is 159 cm³/mol. The third kappa shape index (κ3) is 6.29. The summed E-state index contributed by atoms with van der Waals surface area (Å²) in [7, 11) is 1.49. The fourth-order valence-corrected chi connectivity index (χ4v) is 4.92. The number of amides is 1. The van der Waals surface area contributed by atoms with E-state index >= 15 is 4.39 Å². The minimum Gasteiger partial charge on any atom is -0.489 e. The molecule has 12 nitrogen and oxygen atoms in total. The number of fused-ring (bicyclic) bond motifs is 1. The lowest BCUT2D eigenvalue weighted by atomic mass is 9.98. The van der Waals surface area contributed by atoms with E-state index in [1.165, 1.54) is 30.1 Å². The smallest absolute Gasteiger partial charge is 0.416 e. The van der Waals surface area contributed by atoms with Gasteiger partial charge in [-0.1, -0.05) is 11.6 Å². The van der Waals surface area contributed by atoms with Crippen molar-refractivity contribution in [3.63, 3.8) is 0 Å². The number of benzene rings is 1. The van der Waals surface area contributed by atoms with E-state index in [0.29, 0.717) is 4.90 Å². The van der Waals surface area contributed by atoms with E-state index in [0.717, 1.165) is 12.8 Å². The summed E-state index contributed by atoms with van der Waals surface area (Å²) in [5.41, 5.74) is 3.86. The predicted octanol–water partition coefficient (Wildman–Crippen LogP) is 5.06. The molecule has 0 radical (unpaired) electrons. The van der Waals surface area contributed by atoms with Crippen LogP contribution in [0.15, 0.2) is 23.1 Å². The van der Waals surface area contributed by atoms with Crippen LogP contribution in [0.3, 0.4) is 0 Å². The number of nitrogens with zero attached hydrogens (tertiary/aromatic N) is 6. The highest BCUT2D eigenvalue weighted by Gasteiger charge is 2.33. The minimum absolute atomic E-state index is 0.0292. The van der Waals surface area contributed by atoms with E-state index in [2.05, 4.69) is 20.3 Å². The Labute approximate surface area is 259 Å². The highest BCUT2D eigenvalue weighted by Crippen LogP contribution is 2.43. The molecule has 3 aromatic heterocycles. The Morgan fingerprint density at radius 1 is 1.33 bits per heavy atom. The Bertz CT molecular complexity index is 1910. The molecule has 0 saturated heterocycles. The molecule has 0 unspecified atom stereocenters. The maximum atomic E-state index is 15.8. The van der Waals surface area contributed by atoms with Crippen molar-refractivity contribution in [1.82, 2.24) is 25.0 Å². The van der Waals surface area contributed by atoms with Crippen LogP contribution in [0.5, 0.6) is 5.75 Å². The van der Waals surface area contributed by atoms with E-state index in [-0.39, 0.29) is 68.0 Å². The van der Waals surface area contributed by atoms with Crippen molar-refractivity contribution in [3.05, 3.63) is 50.8 Å². The largest absolute Gasteiger partial charge is 0.489 e. The van der Waals surface area contributed by atoms with Gasteiger partial charge in [0.1, 0.15) is 23.0 Å². The Kier molecular flexibility index (Phi) is 8.47. The molecule has 4 aromatic rings. The molecule has 1 aromatic carbocycles. The first-order valence-electron chi connectivity index (χ1n) is 13.8. The van der Waals surface area contributed by atoms with Crippen LogP contribution in [0.4, 0.5) is 23.8 Å². The number of carbonyl (C=O) groups excluding carboxylic acids is 1. The van der Waals surface area contributed by atoms with Gasteiger partial charge >= 0.3 is 6.09 Å². The number of H-pyrrole nitrogens is 1. The summed E-state index contributed by atoms with van der Waals surface area (Å²) in [6.45, 7) is 3.27. The van der Waals surface area contributed by atoms with Crippen molar-refractivity contribution in [2.24, 2.45) is 12.8 Å². The molecule has 1 aliphatic rings. The number of aromatic amines is 1. The summed E-state index contributed by atoms with van der Waals surface area (Å²) < 4.78 is 56.2. The van der Waals surface area contributed by atoms with E-state index in [1.807, 2.05) is 6.07 Å². The standard InChI is InChI=1S/C29H28ClF3N8O4/c1-29(2,3)45-28(43)41(12-21(31)32)26-23-14(19(10-35)38-39-27(23)42)7-18(37-26)16-11-36-40(4)25(16)22-15(9-34)20(44-13-5-6-13)8-17(30)24(22)33/h7-8,11,13,21H,5-6,10,12,35H2,1-4H3,(H,39,42). The molecule has 5 rings (SSSR count). The number of alkyl halides is 2.